The molecule has 0 spiro atoms. The first-order valence-corrected chi connectivity index (χ1v) is 9.71. The van der Waals surface area contributed by atoms with Crippen LogP contribution in [-0.4, -0.2) is 52.5 Å². The summed E-state index contributed by atoms with van der Waals surface area (Å²) in [5, 5.41) is 7.90. The van der Waals surface area contributed by atoms with Crippen LogP contribution in [0.2, 0.25) is 0 Å². The van der Waals surface area contributed by atoms with Crippen molar-refractivity contribution >= 4 is 34.8 Å². The molecule has 0 heterocycles. The molecule has 8 heteroatoms. The monoisotopic (exact) mass is 412 g/mol. The minimum Gasteiger partial charge on any atom is -0.378 e. The second kappa shape index (κ2) is 10.4. The second-order valence-electron chi connectivity index (χ2n) is 7.54. The zero-order chi connectivity index (χ0) is 22.3. The van der Waals surface area contributed by atoms with Crippen molar-refractivity contribution in [1.82, 2.24) is 5.32 Å². The van der Waals surface area contributed by atoms with E-state index in [9.17, 15) is 14.4 Å². The fraction of sp³-hybridized carbons (Fsp3) is 0.318. The SMILES string of the molecule is CC(=O)Nc1cccc(NC(=O)C(=O)NC[C@H](c2ccc(N(C)C)cc2)[NH+](C)C)c1. The number of carbonyl (C=O) groups is 3. The maximum Gasteiger partial charge on any atom is 0.313 e. The highest BCUT2D eigenvalue weighted by Gasteiger charge is 2.21. The Hall–Kier alpha value is -3.39. The molecule has 4 N–H and O–H groups in total. The van der Waals surface area contributed by atoms with E-state index in [2.05, 4.69) is 16.0 Å². The van der Waals surface area contributed by atoms with Crippen LogP contribution in [-0.2, 0) is 14.4 Å². The molecular formula is C22H30N5O3+. The molecule has 8 nitrogen and oxygen atoms in total. The highest BCUT2D eigenvalue weighted by atomic mass is 16.2. The van der Waals surface area contributed by atoms with Crippen molar-refractivity contribution in [3.8, 4) is 0 Å². The van der Waals surface area contributed by atoms with E-state index in [0.29, 0.717) is 17.9 Å². The molecule has 0 saturated heterocycles. The largest absolute Gasteiger partial charge is 0.378 e. The van der Waals surface area contributed by atoms with E-state index < -0.39 is 11.8 Å². The number of anilines is 3. The number of hydrogen-bond donors (Lipinski definition) is 4. The first-order valence-electron chi connectivity index (χ1n) is 9.71. The summed E-state index contributed by atoms with van der Waals surface area (Å²) < 4.78 is 0. The molecule has 1 atom stereocenters. The third kappa shape index (κ3) is 6.59. The summed E-state index contributed by atoms with van der Waals surface area (Å²) in [6.07, 6.45) is 0. The molecule has 3 amide bonds. The number of carbonyl (C=O) groups excluding carboxylic acids is 3. The fourth-order valence-corrected chi connectivity index (χ4v) is 3.00. The Morgan fingerprint density at radius 2 is 1.53 bits per heavy atom. The molecule has 0 unspecified atom stereocenters. The van der Waals surface area contributed by atoms with Crippen LogP contribution in [0.5, 0.6) is 0 Å². The molecule has 2 aromatic rings. The molecule has 160 valence electrons. The lowest BCUT2D eigenvalue weighted by atomic mass is 10.1. The number of hydrogen-bond acceptors (Lipinski definition) is 4. The molecule has 0 radical (unpaired) electrons. The average molecular weight is 413 g/mol. The third-order valence-corrected chi connectivity index (χ3v) is 4.62. The van der Waals surface area contributed by atoms with E-state index in [0.717, 1.165) is 16.2 Å². The smallest absolute Gasteiger partial charge is 0.313 e. The van der Waals surface area contributed by atoms with E-state index in [4.69, 9.17) is 0 Å². The molecule has 0 aliphatic carbocycles. The number of nitrogens with one attached hydrogen (secondary N) is 4. The van der Waals surface area contributed by atoms with E-state index in [1.54, 1.807) is 24.3 Å². The van der Waals surface area contributed by atoms with Gasteiger partial charge < -0.3 is 25.8 Å². The number of amides is 3. The van der Waals surface area contributed by atoms with Crippen molar-refractivity contribution in [3.05, 3.63) is 54.1 Å². The molecule has 0 bridgehead atoms. The van der Waals surface area contributed by atoms with Gasteiger partial charge in [-0.05, 0) is 30.3 Å². The summed E-state index contributed by atoms with van der Waals surface area (Å²) in [5.41, 5.74) is 3.13. The Balaban J connectivity index is 1.98. The molecule has 0 aliphatic rings. The van der Waals surface area contributed by atoms with Gasteiger partial charge in [-0.3, -0.25) is 14.4 Å². The van der Waals surface area contributed by atoms with E-state index >= 15 is 0 Å². The van der Waals surface area contributed by atoms with Gasteiger partial charge in [-0.1, -0.05) is 18.2 Å². The summed E-state index contributed by atoms with van der Waals surface area (Å²) in [6, 6.07) is 14.7. The lowest BCUT2D eigenvalue weighted by molar-refractivity contribution is -0.890. The van der Waals surface area contributed by atoms with Gasteiger partial charge in [-0.15, -0.1) is 0 Å². The Morgan fingerprint density at radius 3 is 2.07 bits per heavy atom. The summed E-state index contributed by atoms with van der Waals surface area (Å²) in [6.45, 7) is 1.72. The van der Waals surface area contributed by atoms with Gasteiger partial charge in [0.25, 0.3) is 0 Å². The quantitative estimate of drug-likeness (QED) is 0.503. The maximum absolute atomic E-state index is 12.3. The summed E-state index contributed by atoms with van der Waals surface area (Å²) in [5.74, 6) is -1.69. The van der Waals surface area contributed by atoms with Gasteiger partial charge >= 0.3 is 11.8 Å². The van der Waals surface area contributed by atoms with E-state index in [1.165, 1.54) is 6.92 Å². The fourth-order valence-electron chi connectivity index (χ4n) is 3.00. The molecular weight excluding hydrogens is 382 g/mol. The molecule has 2 aromatic carbocycles. The van der Waals surface area contributed by atoms with E-state index in [1.807, 2.05) is 57.4 Å². The highest BCUT2D eigenvalue weighted by Crippen LogP contribution is 2.17. The summed E-state index contributed by atoms with van der Waals surface area (Å²) in [4.78, 5) is 38.9. The summed E-state index contributed by atoms with van der Waals surface area (Å²) in [7, 11) is 7.97. The van der Waals surface area contributed by atoms with Gasteiger partial charge in [0.1, 0.15) is 6.04 Å². The molecule has 0 fully saturated rings. The van der Waals surface area contributed by atoms with Gasteiger partial charge in [0.05, 0.1) is 20.6 Å². The van der Waals surface area contributed by atoms with Gasteiger partial charge in [0.2, 0.25) is 5.91 Å². The van der Waals surface area contributed by atoms with Gasteiger partial charge in [0, 0.05) is 43.6 Å². The van der Waals surface area contributed by atoms with Crippen LogP contribution in [0.15, 0.2) is 48.5 Å². The van der Waals surface area contributed by atoms with Crippen molar-refractivity contribution in [3.63, 3.8) is 0 Å². The first-order chi connectivity index (χ1) is 14.2. The van der Waals surface area contributed by atoms with Gasteiger partial charge in [-0.25, -0.2) is 0 Å². The average Bonchev–Trinajstić information content (AvgIpc) is 2.67. The zero-order valence-electron chi connectivity index (χ0n) is 18.1. The lowest BCUT2D eigenvalue weighted by Gasteiger charge is -2.23. The zero-order valence-corrected chi connectivity index (χ0v) is 18.1. The Kier molecular flexibility index (Phi) is 7.94. The second-order valence-corrected chi connectivity index (χ2v) is 7.54. The minimum absolute atomic E-state index is 0.000978. The molecule has 0 aliphatic heterocycles. The van der Waals surface area contributed by atoms with Crippen LogP contribution < -0.4 is 25.8 Å². The molecule has 0 aromatic heterocycles. The first kappa shape index (κ1) is 22.9. The van der Waals surface area contributed by atoms with Crippen molar-refractivity contribution in [2.24, 2.45) is 0 Å². The molecule has 30 heavy (non-hydrogen) atoms. The normalized spacial score (nSPS) is 11.5. The van der Waals surface area contributed by atoms with Crippen molar-refractivity contribution in [2.45, 2.75) is 13.0 Å². The van der Waals surface area contributed by atoms with Crippen LogP contribution in [0.4, 0.5) is 17.1 Å². The Morgan fingerprint density at radius 1 is 0.933 bits per heavy atom. The minimum atomic E-state index is -0.759. The van der Waals surface area contributed by atoms with Crippen molar-refractivity contribution in [2.75, 3.05) is 50.3 Å². The van der Waals surface area contributed by atoms with Crippen LogP contribution in [0, 0.1) is 0 Å². The number of nitrogens with zero attached hydrogens (tertiary/aromatic N) is 1. The van der Waals surface area contributed by atoms with Crippen LogP contribution in [0.25, 0.3) is 0 Å². The lowest BCUT2D eigenvalue weighted by Crippen LogP contribution is -3.07. The van der Waals surface area contributed by atoms with Crippen molar-refractivity contribution in [1.29, 1.82) is 0 Å². The topological polar surface area (TPSA) is 95.0 Å². The van der Waals surface area contributed by atoms with E-state index in [-0.39, 0.29) is 11.9 Å². The number of quaternary nitrogens is 1. The van der Waals surface area contributed by atoms with Crippen LogP contribution in [0.3, 0.4) is 0 Å². The third-order valence-electron chi connectivity index (χ3n) is 4.62. The van der Waals surface area contributed by atoms with Crippen LogP contribution in [0.1, 0.15) is 18.5 Å². The van der Waals surface area contributed by atoms with Gasteiger partial charge in [-0.2, -0.15) is 0 Å². The number of likely N-dealkylation sites (N-methyl/N-ethyl adjacent to an activating group) is 1. The summed E-state index contributed by atoms with van der Waals surface area (Å²) >= 11 is 0. The highest BCUT2D eigenvalue weighted by molar-refractivity contribution is 6.39. The Labute approximate surface area is 177 Å². The Bertz CT molecular complexity index is 894. The molecule has 2 rings (SSSR count). The van der Waals surface area contributed by atoms with Gasteiger partial charge in [0.15, 0.2) is 0 Å². The maximum atomic E-state index is 12.3. The predicted molar refractivity (Wildman–Crippen MR) is 119 cm³/mol. The number of benzene rings is 2. The number of rotatable bonds is 7. The standard InChI is InChI=1S/C22H29N5O3/c1-15(28)24-17-7-6-8-18(13-17)25-22(30)21(29)23-14-20(27(4)5)16-9-11-19(12-10-16)26(2)3/h6-13,20H,14H2,1-5H3,(H,23,29)(H,24,28)(H,25,30)/p+1/t20-/m1/s1. The van der Waals surface area contributed by atoms with Crippen molar-refractivity contribution < 1.29 is 19.3 Å². The molecule has 0 saturated carbocycles. The van der Waals surface area contributed by atoms with Crippen LogP contribution >= 0.6 is 0 Å². The predicted octanol–water partition coefficient (Wildman–Crippen LogP) is 0.652.